The Morgan fingerprint density at radius 1 is 1.44 bits per heavy atom. The number of hydrogen-bond acceptors (Lipinski definition) is 3. The molecule has 16 heavy (non-hydrogen) atoms. The summed E-state index contributed by atoms with van der Waals surface area (Å²) in [6, 6.07) is 3.56. The van der Waals surface area contributed by atoms with Crippen molar-refractivity contribution in [2.24, 2.45) is 0 Å². The van der Waals surface area contributed by atoms with Crippen LogP contribution < -0.4 is 0 Å². The van der Waals surface area contributed by atoms with Crippen LogP contribution in [0, 0.1) is 0 Å². The largest absolute Gasteiger partial charge is 0.479 e. The van der Waals surface area contributed by atoms with E-state index in [-0.39, 0.29) is 6.61 Å². The molecule has 0 radical (unpaired) electrons. The molecule has 0 spiro atoms. The van der Waals surface area contributed by atoms with Crippen molar-refractivity contribution in [1.29, 1.82) is 0 Å². The molecule has 1 fully saturated rings. The summed E-state index contributed by atoms with van der Waals surface area (Å²) in [6.07, 6.45) is 5.70. The molecule has 1 aromatic rings. The average molecular weight is 224 g/mol. The smallest absolute Gasteiger partial charge is 0.335 e. The van der Waals surface area contributed by atoms with Crippen molar-refractivity contribution < 1.29 is 19.1 Å². The van der Waals surface area contributed by atoms with Gasteiger partial charge in [-0.15, -0.1) is 0 Å². The Hall–Kier alpha value is -1.29. The number of ether oxygens (including phenoxy) is 1. The third-order valence-electron chi connectivity index (χ3n) is 3.12. The standard InChI is InChI=1S/C12H16O4/c13-11(14)12(6-2-1-3-7-12)16-9-10-5-4-8-15-10/h4-5,8H,1-3,6-7,9H2,(H,13,14). The van der Waals surface area contributed by atoms with Crippen LogP contribution in [0.4, 0.5) is 0 Å². The van der Waals surface area contributed by atoms with Crippen LogP contribution in [0.1, 0.15) is 37.9 Å². The first-order chi connectivity index (χ1) is 7.73. The van der Waals surface area contributed by atoms with E-state index in [1.165, 1.54) is 0 Å². The molecule has 0 bridgehead atoms. The topological polar surface area (TPSA) is 59.7 Å². The molecular formula is C12H16O4. The van der Waals surface area contributed by atoms with Gasteiger partial charge < -0.3 is 14.3 Å². The summed E-state index contributed by atoms with van der Waals surface area (Å²) in [7, 11) is 0. The van der Waals surface area contributed by atoms with E-state index in [2.05, 4.69) is 0 Å². The number of carboxylic acid groups (broad SMARTS) is 1. The van der Waals surface area contributed by atoms with Crippen molar-refractivity contribution in [1.82, 2.24) is 0 Å². The molecule has 1 aromatic heterocycles. The van der Waals surface area contributed by atoms with Gasteiger partial charge in [0, 0.05) is 0 Å². The second kappa shape index (κ2) is 4.70. The minimum Gasteiger partial charge on any atom is -0.479 e. The lowest BCUT2D eigenvalue weighted by atomic mass is 9.84. The molecule has 88 valence electrons. The summed E-state index contributed by atoms with van der Waals surface area (Å²) in [6.45, 7) is 0.235. The lowest BCUT2D eigenvalue weighted by Gasteiger charge is -2.32. The van der Waals surface area contributed by atoms with Crippen LogP contribution in [0.25, 0.3) is 0 Å². The molecule has 2 rings (SSSR count). The summed E-state index contributed by atoms with van der Waals surface area (Å²) in [4.78, 5) is 11.3. The van der Waals surface area contributed by atoms with Gasteiger partial charge in [0.05, 0.1) is 6.26 Å². The molecule has 1 heterocycles. The quantitative estimate of drug-likeness (QED) is 0.853. The summed E-state index contributed by atoms with van der Waals surface area (Å²) < 4.78 is 10.7. The maximum Gasteiger partial charge on any atom is 0.335 e. The molecular weight excluding hydrogens is 208 g/mol. The molecule has 4 heteroatoms. The molecule has 0 amide bonds. The fraction of sp³-hybridized carbons (Fsp3) is 0.583. The lowest BCUT2D eigenvalue weighted by Crippen LogP contribution is -2.43. The monoisotopic (exact) mass is 224 g/mol. The third-order valence-corrected chi connectivity index (χ3v) is 3.12. The van der Waals surface area contributed by atoms with Gasteiger partial charge >= 0.3 is 5.97 Å². The number of rotatable bonds is 4. The fourth-order valence-corrected chi connectivity index (χ4v) is 2.15. The zero-order valence-corrected chi connectivity index (χ0v) is 9.15. The van der Waals surface area contributed by atoms with E-state index in [9.17, 15) is 9.90 Å². The molecule has 0 atom stereocenters. The summed E-state index contributed by atoms with van der Waals surface area (Å²) in [5, 5.41) is 9.26. The minimum absolute atomic E-state index is 0.235. The van der Waals surface area contributed by atoms with Crippen molar-refractivity contribution in [2.75, 3.05) is 0 Å². The Labute approximate surface area is 94.2 Å². The first-order valence-electron chi connectivity index (χ1n) is 5.63. The van der Waals surface area contributed by atoms with Crippen LogP contribution in [0.15, 0.2) is 22.8 Å². The van der Waals surface area contributed by atoms with Gasteiger partial charge in [0.25, 0.3) is 0 Å². The first kappa shape index (κ1) is 11.2. The van der Waals surface area contributed by atoms with Crippen molar-refractivity contribution in [2.45, 2.75) is 44.3 Å². The maximum absolute atomic E-state index is 11.3. The fourth-order valence-electron chi connectivity index (χ4n) is 2.15. The molecule has 1 aliphatic rings. The first-order valence-corrected chi connectivity index (χ1v) is 5.63. The van der Waals surface area contributed by atoms with Gasteiger partial charge in [-0.3, -0.25) is 0 Å². The molecule has 1 N–H and O–H groups in total. The highest BCUT2D eigenvalue weighted by atomic mass is 16.5. The Kier molecular flexibility index (Phi) is 3.29. The molecule has 4 nitrogen and oxygen atoms in total. The number of carboxylic acids is 1. The summed E-state index contributed by atoms with van der Waals surface area (Å²) in [5.41, 5.74) is -0.995. The summed E-state index contributed by atoms with van der Waals surface area (Å²) in [5.74, 6) is -0.176. The van der Waals surface area contributed by atoms with Gasteiger partial charge in [-0.1, -0.05) is 6.42 Å². The van der Waals surface area contributed by atoms with Crippen LogP contribution in [0.2, 0.25) is 0 Å². The van der Waals surface area contributed by atoms with Gasteiger partial charge in [0.15, 0.2) is 5.60 Å². The van der Waals surface area contributed by atoms with Crippen molar-refractivity contribution >= 4 is 5.97 Å². The predicted molar refractivity (Wildman–Crippen MR) is 56.9 cm³/mol. The van der Waals surface area contributed by atoms with Gasteiger partial charge in [-0.2, -0.15) is 0 Å². The van der Waals surface area contributed by atoms with Crippen molar-refractivity contribution in [3.63, 3.8) is 0 Å². The Bertz CT molecular complexity index is 336. The molecule has 0 unspecified atom stereocenters. The van der Waals surface area contributed by atoms with E-state index in [0.29, 0.717) is 18.6 Å². The van der Waals surface area contributed by atoms with Crippen molar-refractivity contribution in [3.05, 3.63) is 24.2 Å². The summed E-state index contributed by atoms with van der Waals surface area (Å²) >= 11 is 0. The average Bonchev–Trinajstić information content (AvgIpc) is 2.80. The van der Waals surface area contributed by atoms with E-state index < -0.39 is 11.6 Å². The van der Waals surface area contributed by atoms with E-state index in [1.807, 2.05) is 0 Å². The van der Waals surface area contributed by atoms with Gasteiger partial charge in [0.2, 0.25) is 0 Å². The SMILES string of the molecule is O=C(O)C1(OCc2ccco2)CCCCC1. The van der Waals surface area contributed by atoms with Crippen LogP contribution in [0.3, 0.4) is 0 Å². The van der Waals surface area contributed by atoms with Crippen LogP contribution >= 0.6 is 0 Å². The molecule has 0 aromatic carbocycles. The minimum atomic E-state index is -0.995. The number of aliphatic carboxylic acids is 1. The number of hydrogen-bond donors (Lipinski definition) is 1. The zero-order valence-electron chi connectivity index (χ0n) is 9.15. The molecule has 1 aliphatic carbocycles. The van der Waals surface area contributed by atoms with Gasteiger partial charge in [-0.05, 0) is 37.8 Å². The maximum atomic E-state index is 11.3. The van der Waals surface area contributed by atoms with Gasteiger partial charge in [-0.25, -0.2) is 4.79 Å². The van der Waals surface area contributed by atoms with Crippen LogP contribution in [-0.4, -0.2) is 16.7 Å². The highest BCUT2D eigenvalue weighted by Crippen LogP contribution is 2.32. The number of carbonyl (C=O) groups is 1. The second-order valence-electron chi connectivity index (χ2n) is 4.23. The van der Waals surface area contributed by atoms with E-state index >= 15 is 0 Å². The highest BCUT2D eigenvalue weighted by molar-refractivity contribution is 5.77. The Morgan fingerprint density at radius 2 is 2.19 bits per heavy atom. The Morgan fingerprint density at radius 3 is 2.75 bits per heavy atom. The van der Waals surface area contributed by atoms with Gasteiger partial charge in [0.1, 0.15) is 12.4 Å². The molecule has 0 saturated heterocycles. The Balaban J connectivity index is 2.00. The predicted octanol–water partition coefficient (Wildman–Crippen LogP) is 2.58. The van der Waals surface area contributed by atoms with E-state index in [0.717, 1.165) is 19.3 Å². The van der Waals surface area contributed by atoms with Crippen LogP contribution in [-0.2, 0) is 16.1 Å². The normalized spacial score (nSPS) is 19.5. The van der Waals surface area contributed by atoms with E-state index in [4.69, 9.17) is 9.15 Å². The molecule has 0 aliphatic heterocycles. The number of furan rings is 1. The third kappa shape index (κ3) is 2.27. The lowest BCUT2D eigenvalue weighted by molar-refractivity contribution is -0.173. The molecule has 1 saturated carbocycles. The zero-order chi connectivity index (χ0) is 11.4. The van der Waals surface area contributed by atoms with Crippen LogP contribution in [0.5, 0.6) is 0 Å². The highest BCUT2D eigenvalue weighted by Gasteiger charge is 2.40. The second-order valence-corrected chi connectivity index (χ2v) is 4.23. The van der Waals surface area contributed by atoms with E-state index in [1.54, 1.807) is 18.4 Å². The van der Waals surface area contributed by atoms with Crippen molar-refractivity contribution in [3.8, 4) is 0 Å².